The molecule has 0 aliphatic carbocycles. The summed E-state index contributed by atoms with van der Waals surface area (Å²) < 4.78 is 5.47. The lowest BCUT2D eigenvalue weighted by atomic mass is 10.0. The highest BCUT2D eigenvalue weighted by Crippen LogP contribution is 2.19. The molecule has 0 saturated heterocycles. The van der Waals surface area contributed by atoms with Crippen molar-refractivity contribution < 1.29 is 24.5 Å². The van der Waals surface area contributed by atoms with Gasteiger partial charge in [-0.05, 0) is 77.0 Å². The number of carbonyl (C=O) groups is 2. The van der Waals surface area contributed by atoms with Crippen molar-refractivity contribution in [1.82, 2.24) is 5.32 Å². The Bertz CT molecular complexity index is 1220. The van der Waals surface area contributed by atoms with Crippen LogP contribution in [0.1, 0.15) is 399 Å². The number of esters is 1. The molecule has 0 heterocycles. The van der Waals surface area contributed by atoms with Crippen LogP contribution in [0.3, 0.4) is 0 Å². The third-order valence-corrected chi connectivity index (χ3v) is 16.7. The number of hydrogen-bond donors (Lipinski definition) is 3. The number of unbranched alkanes of at least 4 members (excludes halogenated alkanes) is 52. The summed E-state index contributed by atoms with van der Waals surface area (Å²) in [5, 5.41) is 23.4. The Morgan fingerprint density at radius 1 is 0.346 bits per heavy atom. The molecule has 0 fully saturated rings. The van der Waals surface area contributed by atoms with E-state index in [0.29, 0.717) is 25.9 Å². The van der Waals surface area contributed by atoms with E-state index in [1.165, 1.54) is 321 Å². The largest absolute Gasteiger partial charge is 0.466 e. The maximum atomic E-state index is 12.5. The Kier molecular flexibility index (Phi) is 66.4. The van der Waals surface area contributed by atoms with Crippen molar-refractivity contribution in [2.24, 2.45) is 0 Å². The van der Waals surface area contributed by atoms with Gasteiger partial charge in [0.05, 0.1) is 25.4 Å². The number of aliphatic hydroxyl groups is 2. The minimum atomic E-state index is -0.664. The zero-order valence-corrected chi connectivity index (χ0v) is 52.9. The maximum absolute atomic E-state index is 12.5. The predicted molar refractivity (Wildman–Crippen MR) is 343 cm³/mol. The van der Waals surface area contributed by atoms with Crippen molar-refractivity contribution in [3.8, 4) is 0 Å². The second-order valence-electron chi connectivity index (χ2n) is 24.6. The molecule has 0 aromatic carbocycles. The molecule has 0 bridgehead atoms. The lowest BCUT2D eigenvalue weighted by molar-refractivity contribution is -0.143. The minimum Gasteiger partial charge on any atom is -0.466 e. The molecule has 2 unspecified atom stereocenters. The Balaban J connectivity index is 3.38. The van der Waals surface area contributed by atoms with Gasteiger partial charge in [0, 0.05) is 12.8 Å². The first-order valence-electron chi connectivity index (χ1n) is 35.6. The van der Waals surface area contributed by atoms with E-state index in [0.717, 1.165) is 44.9 Å². The summed E-state index contributed by atoms with van der Waals surface area (Å²) in [6.07, 6.45) is 85.2. The average molecular weight is 1100 g/mol. The molecule has 6 nitrogen and oxygen atoms in total. The number of rotatable bonds is 67. The third-order valence-electron chi connectivity index (χ3n) is 16.7. The molecule has 0 rings (SSSR count). The number of carbonyl (C=O) groups excluding carboxylic acids is 2. The Hall–Kier alpha value is -1.66. The van der Waals surface area contributed by atoms with Crippen LogP contribution in [-0.4, -0.2) is 47.4 Å². The fourth-order valence-electron chi connectivity index (χ4n) is 11.3. The van der Waals surface area contributed by atoms with Crippen LogP contribution < -0.4 is 5.32 Å². The SMILES string of the molecule is CCCCC/C=C\CCCCCCCC(=O)OCCCCCCCCCCCCCC/C=C\CCCCCCCCCCCCCCCC(=O)NC(CO)C(O)CCCCCCCCCCCCCCCCCCCCCC. The van der Waals surface area contributed by atoms with Gasteiger partial charge in [0.1, 0.15) is 0 Å². The zero-order chi connectivity index (χ0) is 56.4. The molecule has 0 saturated carbocycles. The fraction of sp³-hybridized carbons (Fsp3) is 0.917. The standard InChI is InChI=1S/C72H139NO5/c1-3-5-7-9-11-13-15-17-18-19-20-32-35-38-41-44-48-52-56-60-64-70(75)69(68-74)73-71(76)65-61-57-53-49-45-42-39-36-33-30-28-26-24-22-21-23-25-27-29-31-34-37-40-43-47-51-55-59-63-67-78-72(77)66-62-58-54-50-46-16-14-12-10-8-6-4-2/h12,14,21,23,69-70,74-75H,3-11,13,15-20,22,24-68H2,1-2H3,(H,73,76)/b14-12-,23-21-. The molecule has 0 radical (unpaired) electrons. The molecule has 0 aliphatic rings. The molecule has 3 N–H and O–H groups in total. The Morgan fingerprint density at radius 3 is 0.936 bits per heavy atom. The van der Waals surface area contributed by atoms with E-state index in [9.17, 15) is 19.8 Å². The van der Waals surface area contributed by atoms with E-state index in [-0.39, 0.29) is 18.5 Å². The first-order valence-corrected chi connectivity index (χ1v) is 35.6. The van der Waals surface area contributed by atoms with Crippen LogP contribution in [0.5, 0.6) is 0 Å². The van der Waals surface area contributed by atoms with Gasteiger partial charge in [-0.1, -0.05) is 334 Å². The first-order chi connectivity index (χ1) is 38.5. The van der Waals surface area contributed by atoms with E-state index in [4.69, 9.17) is 4.74 Å². The van der Waals surface area contributed by atoms with Gasteiger partial charge in [0.25, 0.3) is 0 Å². The van der Waals surface area contributed by atoms with Crippen LogP contribution >= 0.6 is 0 Å². The lowest BCUT2D eigenvalue weighted by Crippen LogP contribution is -2.45. The van der Waals surface area contributed by atoms with Crippen LogP contribution in [0.2, 0.25) is 0 Å². The summed E-state index contributed by atoms with van der Waals surface area (Å²) in [5.41, 5.74) is 0. The number of hydrogen-bond acceptors (Lipinski definition) is 5. The summed E-state index contributed by atoms with van der Waals surface area (Å²) in [6.45, 7) is 4.96. The van der Waals surface area contributed by atoms with Crippen molar-refractivity contribution in [2.45, 2.75) is 411 Å². The smallest absolute Gasteiger partial charge is 0.305 e. The molecule has 1 amide bonds. The lowest BCUT2D eigenvalue weighted by Gasteiger charge is -2.22. The average Bonchev–Trinajstić information content (AvgIpc) is 3.44. The summed E-state index contributed by atoms with van der Waals surface area (Å²) in [4.78, 5) is 24.6. The van der Waals surface area contributed by atoms with E-state index >= 15 is 0 Å². The predicted octanol–water partition coefficient (Wildman–Crippen LogP) is 22.9. The molecule has 0 aliphatic heterocycles. The third kappa shape index (κ3) is 63.5. The van der Waals surface area contributed by atoms with Crippen molar-refractivity contribution >= 4 is 11.9 Å². The van der Waals surface area contributed by atoms with Crippen LogP contribution in [-0.2, 0) is 14.3 Å². The van der Waals surface area contributed by atoms with Crippen LogP contribution in [0.4, 0.5) is 0 Å². The van der Waals surface area contributed by atoms with Gasteiger partial charge < -0.3 is 20.3 Å². The molecule has 6 heteroatoms. The molecule has 0 aromatic heterocycles. The van der Waals surface area contributed by atoms with Gasteiger partial charge >= 0.3 is 5.97 Å². The molecule has 2 atom stereocenters. The van der Waals surface area contributed by atoms with E-state index < -0.39 is 12.1 Å². The minimum absolute atomic E-state index is 0.00701. The van der Waals surface area contributed by atoms with E-state index in [1.54, 1.807) is 0 Å². The van der Waals surface area contributed by atoms with Gasteiger partial charge in [-0.3, -0.25) is 9.59 Å². The highest BCUT2D eigenvalue weighted by molar-refractivity contribution is 5.76. The van der Waals surface area contributed by atoms with Crippen molar-refractivity contribution in [3.05, 3.63) is 24.3 Å². The monoisotopic (exact) mass is 1100 g/mol. The first kappa shape index (κ1) is 76.3. The number of allylic oxidation sites excluding steroid dienone is 4. The van der Waals surface area contributed by atoms with Crippen molar-refractivity contribution in [2.75, 3.05) is 13.2 Å². The highest BCUT2D eigenvalue weighted by Gasteiger charge is 2.20. The quantitative estimate of drug-likeness (QED) is 0.0320. The Labute approximate surface area is 488 Å². The Morgan fingerprint density at radius 2 is 0.603 bits per heavy atom. The second kappa shape index (κ2) is 67.8. The normalized spacial score (nSPS) is 12.6. The molecule has 0 aromatic rings. The maximum Gasteiger partial charge on any atom is 0.305 e. The van der Waals surface area contributed by atoms with Gasteiger partial charge in [0.15, 0.2) is 0 Å². The van der Waals surface area contributed by atoms with Crippen LogP contribution in [0.15, 0.2) is 24.3 Å². The number of amides is 1. The zero-order valence-electron chi connectivity index (χ0n) is 52.9. The van der Waals surface area contributed by atoms with Crippen molar-refractivity contribution in [3.63, 3.8) is 0 Å². The summed E-state index contributed by atoms with van der Waals surface area (Å²) in [7, 11) is 0. The van der Waals surface area contributed by atoms with Gasteiger partial charge in [-0.25, -0.2) is 0 Å². The number of aliphatic hydroxyl groups excluding tert-OH is 2. The van der Waals surface area contributed by atoms with Gasteiger partial charge in [-0.15, -0.1) is 0 Å². The van der Waals surface area contributed by atoms with Crippen molar-refractivity contribution in [1.29, 1.82) is 0 Å². The van der Waals surface area contributed by atoms with Crippen LogP contribution in [0.25, 0.3) is 0 Å². The second-order valence-corrected chi connectivity index (χ2v) is 24.6. The topological polar surface area (TPSA) is 95.9 Å². The van der Waals surface area contributed by atoms with Gasteiger partial charge in [0.2, 0.25) is 5.91 Å². The molecule has 0 spiro atoms. The summed E-state index contributed by atoms with van der Waals surface area (Å²) in [6, 6.07) is -0.541. The summed E-state index contributed by atoms with van der Waals surface area (Å²) >= 11 is 0. The van der Waals surface area contributed by atoms with E-state index in [1.807, 2.05) is 0 Å². The number of ether oxygens (including phenoxy) is 1. The molecular formula is C72H139NO5. The number of nitrogens with one attached hydrogen (secondary N) is 1. The van der Waals surface area contributed by atoms with Gasteiger partial charge in [-0.2, -0.15) is 0 Å². The van der Waals surface area contributed by atoms with Crippen LogP contribution in [0, 0.1) is 0 Å². The summed E-state index contributed by atoms with van der Waals surface area (Å²) in [5.74, 6) is -0.0228. The van der Waals surface area contributed by atoms with E-state index in [2.05, 4.69) is 43.5 Å². The molecule has 462 valence electrons. The highest BCUT2D eigenvalue weighted by atomic mass is 16.5. The fourth-order valence-corrected chi connectivity index (χ4v) is 11.3. The molecule has 78 heavy (non-hydrogen) atoms. The molecular weight excluding hydrogens is 959 g/mol.